The van der Waals surface area contributed by atoms with E-state index in [4.69, 9.17) is 15.2 Å². The molecule has 0 fully saturated rings. The molecule has 1 heterocycles. The van der Waals surface area contributed by atoms with E-state index < -0.39 is 0 Å². The Hall–Kier alpha value is -2.34. The molecule has 0 spiro atoms. The summed E-state index contributed by atoms with van der Waals surface area (Å²) < 4.78 is 12.9. The highest BCUT2D eigenvalue weighted by molar-refractivity contribution is 5.31. The van der Waals surface area contributed by atoms with Crippen molar-refractivity contribution in [3.8, 4) is 11.5 Å². The number of ether oxygens (including phenoxy) is 2. The van der Waals surface area contributed by atoms with E-state index in [2.05, 4.69) is 16.9 Å². The minimum Gasteiger partial charge on any atom is -0.494 e. The van der Waals surface area contributed by atoms with Gasteiger partial charge in [-0.15, -0.1) is 11.7 Å². The number of hydrogen-bond donors (Lipinski definition) is 1. The Labute approximate surface area is 124 Å². The van der Waals surface area contributed by atoms with Crippen LogP contribution in [0.5, 0.6) is 11.5 Å². The van der Waals surface area contributed by atoms with Crippen molar-refractivity contribution in [3.63, 3.8) is 0 Å². The monoisotopic (exact) mass is 288 g/mol. The molecule has 0 radical (unpaired) electrons. The van der Waals surface area contributed by atoms with Crippen molar-refractivity contribution in [3.05, 3.63) is 48.3 Å². The number of allylic oxidation sites excluding steroid dienone is 1. The maximum atomic E-state index is 5.77. The first-order chi connectivity index (χ1) is 10.3. The van der Waals surface area contributed by atoms with Gasteiger partial charge in [-0.2, -0.15) is 0 Å². The summed E-state index contributed by atoms with van der Waals surface area (Å²) in [4.78, 5) is 0. The summed E-state index contributed by atoms with van der Waals surface area (Å²) in [5.74, 6) is 1.58. The van der Waals surface area contributed by atoms with Gasteiger partial charge in [0, 0.05) is 6.54 Å². The molecule has 2 rings (SSSR count). The third-order valence-corrected chi connectivity index (χ3v) is 2.92. The lowest BCUT2D eigenvalue weighted by molar-refractivity contribution is 0.290. The van der Waals surface area contributed by atoms with Crippen LogP contribution in [0.25, 0.3) is 0 Å². The van der Waals surface area contributed by atoms with Gasteiger partial charge in [0.1, 0.15) is 29.5 Å². The molecule has 0 unspecified atom stereocenters. The number of aromatic nitrogens is 3. The summed E-state index contributed by atoms with van der Waals surface area (Å²) in [5, 5.41) is 8.09. The Bertz CT molecular complexity index is 578. The van der Waals surface area contributed by atoms with Crippen molar-refractivity contribution in [2.45, 2.75) is 26.6 Å². The van der Waals surface area contributed by atoms with Crippen LogP contribution in [0.2, 0.25) is 0 Å². The maximum Gasteiger partial charge on any atom is 0.132 e. The van der Waals surface area contributed by atoms with Gasteiger partial charge in [0.05, 0.1) is 13.2 Å². The van der Waals surface area contributed by atoms with Gasteiger partial charge < -0.3 is 15.2 Å². The van der Waals surface area contributed by atoms with E-state index in [0.29, 0.717) is 26.3 Å². The lowest BCUT2D eigenvalue weighted by Gasteiger charge is -2.09. The number of benzene rings is 1. The molecule has 0 aliphatic carbocycles. The summed E-state index contributed by atoms with van der Waals surface area (Å²) in [6, 6.07) is 7.49. The van der Waals surface area contributed by atoms with Gasteiger partial charge in [-0.05, 0) is 31.2 Å². The average molecular weight is 288 g/mol. The molecule has 112 valence electrons. The lowest BCUT2D eigenvalue weighted by atomic mass is 10.3. The predicted molar refractivity (Wildman–Crippen MR) is 80.1 cm³/mol. The Morgan fingerprint density at radius 2 is 1.90 bits per heavy atom. The smallest absolute Gasteiger partial charge is 0.132 e. The van der Waals surface area contributed by atoms with E-state index in [1.54, 1.807) is 10.8 Å². The first kappa shape index (κ1) is 15.1. The van der Waals surface area contributed by atoms with E-state index in [1.165, 1.54) is 0 Å². The molecule has 0 aliphatic heterocycles. The highest BCUT2D eigenvalue weighted by Gasteiger charge is 2.11. The van der Waals surface area contributed by atoms with Crippen molar-refractivity contribution in [2.75, 3.05) is 6.61 Å². The van der Waals surface area contributed by atoms with Crippen LogP contribution in [0.15, 0.2) is 36.9 Å². The molecule has 0 saturated heterocycles. The van der Waals surface area contributed by atoms with Crippen LogP contribution in [0.3, 0.4) is 0 Å². The SMILES string of the molecule is C=CCn1nnc(CN)c1COc1ccc(OCC)cc1. The van der Waals surface area contributed by atoms with Gasteiger partial charge in [-0.3, -0.25) is 0 Å². The second kappa shape index (κ2) is 7.44. The molecule has 2 N–H and O–H groups in total. The zero-order chi connectivity index (χ0) is 15.1. The van der Waals surface area contributed by atoms with Gasteiger partial charge in [0.25, 0.3) is 0 Å². The van der Waals surface area contributed by atoms with E-state index in [1.807, 2.05) is 31.2 Å². The van der Waals surface area contributed by atoms with Gasteiger partial charge >= 0.3 is 0 Å². The van der Waals surface area contributed by atoms with Crippen LogP contribution in [-0.2, 0) is 19.7 Å². The third-order valence-electron chi connectivity index (χ3n) is 2.92. The molecule has 0 saturated carbocycles. The van der Waals surface area contributed by atoms with Crippen LogP contribution < -0.4 is 15.2 Å². The quantitative estimate of drug-likeness (QED) is 0.751. The maximum absolute atomic E-state index is 5.77. The topological polar surface area (TPSA) is 75.2 Å². The molecule has 2 aromatic rings. The minimum absolute atomic E-state index is 0.332. The Balaban J connectivity index is 2.04. The van der Waals surface area contributed by atoms with Gasteiger partial charge in [0.15, 0.2) is 0 Å². The van der Waals surface area contributed by atoms with Crippen molar-refractivity contribution in [2.24, 2.45) is 5.73 Å². The fraction of sp³-hybridized carbons (Fsp3) is 0.333. The van der Waals surface area contributed by atoms with Crippen LogP contribution in [-0.4, -0.2) is 21.6 Å². The van der Waals surface area contributed by atoms with E-state index in [0.717, 1.165) is 22.9 Å². The lowest BCUT2D eigenvalue weighted by Crippen LogP contribution is -2.10. The average Bonchev–Trinajstić information content (AvgIpc) is 2.89. The molecule has 6 heteroatoms. The number of hydrogen-bond acceptors (Lipinski definition) is 5. The molecule has 6 nitrogen and oxygen atoms in total. The second-order valence-corrected chi connectivity index (χ2v) is 4.35. The zero-order valence-electron chi connectivity index (χ0n) is 12.2. The number of nitrogens with two attached hydrogens (primary N) is 1. The summed E-state index contributed by atoms with van der Waals surface area (Å²) in [7, 11) is 0. The summed E-state index contributed by atoms with van der Waals surface area (Å²) >= 11 is 0. The molecular formula is C15H20N4O2. The van der Waals surface area contributed by atoms with Crippen LogP contribution in [0.1, 0.15) is 18.3 Å². The molecule has 0 atom stereocenters. The zero-order valence-corrected chi connectivity index (χ0v) is 12.2. The highest BCUT2D eigenvalue weighted by atomic mass is 16.5. The van der Waals surface area contributed by atoms with Crippen molar-refractivity contribution >= 4 is 0 Å². The summed E-state index contributed by atoms with van der Waals surface area (Å²) in [6.07, 6.45) is 1.76. The van der Waals surface area contributed by atoms with Crippen molar-refractivity contribution < 1.29 is 9.47 Å². The van der Waals surface area contributed by atoms with Crippen LogP contribution in [0, 0.1) is 0 Å². The highest BCUT2D eigenvalue weighted by Crippen LogP contribution is 2.19. The Kier molecular flexibility index (Phi) is 5.34. The minimum atomic E-state index is 0.332. The standard InChI is InChI=1S/C15H20N4O2/c1-3-9-19-15(14(10-16)17-18-19)11-21-13-7-5-12(6-8-13)20-4-2/h3,5-8H,1,4,9-11,16H2,2H3. The van der Waals surface area contributed by atoms with Gasteiger partial charge in [-0.1, -0.05) is 11.3 Å². The molecular weight excluding hydrogens is 268 g/mol. The van der Waals surface area contributed by atoms with E-state index >= 15 is 0 Å². The number of rotatable bonds is 8. The Morgan fingerprint density at radius 1 is 1.24 bits per heavy atom. The second-order valence-electron chi connectivity index (χ2n) is 4.35. The number of nitrogens with zero attached hydrogens (tertiary/aromatic N) is 3. The molecule has 0 aliphatic rings. The fourth-order valence-electron chi connectivity index (χ4n) is 1.90. The third kappa shape index (κ3) is 3.82. The Morgan fingerprint density at radius 3 is 2.48 bits per heavy atom. The molecule has 1 aromatic carbocycles. The first-order valence-corrected chi connectivity index (χ1v) is 6.86. The largest absolute Gasteiger partial charge is 0.494 e. The van der Waals surface area contributed by atoms with Crippen LogP contribution in [0.4, 0.5) is 0 Å². The summed E-state index contributed by atoms with van der Waals surface area (Å²) in [6.45, 7) is 7.57. The normalized spacial score (nSPS) is 10.4. The molecule has 21 heavy (non-hydrogen) atoms. The van der Waals surface area contributed by atoms with Crippen LogP contribution >= 0.6 is 0 Å². The molecule has 1 aromatic heterocycles. The summed E-state index contributed by atoms with van der Waals surface area (Å²) in [5.41, 5.74) is 7.27. The fourth-order valence-corrected chi connectivity index (χ4v) is 1.90. The van der Waals surface area contributed by atoms with E-state index in [9.17, 15) is 0 Å². The van der Waals surface area contributed by atoms with E-state index in [-0.39, 0.29) is 0 Å². The van der Waals surface area contributed by atoms with Gasteiger partial charge in [0.2, 0.25) is 0 Å². The first-order valence-electron chi connectivity index (χ1n) is 6.86. The molecule has 0 amide bonds. The van der Waals surface area contributed by atoms with Gasteiger partial charge in [-0.25, -0.2) is 4.68 Å². The molecule has 0 bridgehead atoms. The predicted octanol–water partition coefficient (Wildman–Crippen LogP) is 1.90. The van der Waals surface area contributed by atoms with Crippen molar-refractivity contribution in [1.29, 1.82) is 0 Å². The van der Waals surface area contributed by atoms with Crippen molar-refractivity contribution in [1.82, 2.24) is 15.0 Å².